The van der Waals surface area contributed by atoms with E-state index < -0.39 is 0 Å². The number of nitrogens with one attached hydrogen (secondary N) is 1. The van der Waals surface area contributed by atoms with Crippen molar-refractivity contribution < 1.29 is 9.53 Å². The number of carbonyl (C=O) groups is 1. The number of pyridine rings is 2. The van der Waals surface area contributed by atoms with E-state index in [2.05, 4.69) is 20.2 Å². The first-order valence-corrected chi connectivity index (χ1v) is 10.4. The summed E-state index contributed by atoms with van der Waals surface area (Å²) in [5.41, 5.74) is 3.14. The summed E-state index contributed by atoms with van der Waals surface area (Å²) in [6.07, 6.45) is 7.37. The van der Waals surface area contributed by atoms with Gasteiger partial charge in [0.2, 0.25) is 0 Å². The van der Waals surface area contributed by atoms with E-state index in [4.69, 9.17) is 4.74 Å². The molecule has 4 aromatic heterocycles. The Hall–Kier alpha value is -3.49. The number of hydrogen-bond acceptors (Lipinski definition) is 5. The summed E-state index contributed by atoms with van der Waals surface area (Å²) >= 11 is 0. The van der Waals surface area contributed by atoms with E-state index in [1.807, 2.05) is 63.8 Å². The van der Waals surface area contributed by atoms with Crippen LogP contribution >= 0.6 is 0 Å². The molecule has 0 aliphatic carbocycles. The average molecular weight is 416 g/mol. The molecule has 31 heavy (non-hydrogen) atoms. The molecule has 8 nitrogen and oxygen atoms in total. The fourth-order valence-corrected chi connectivity index (χ4v) is 3.87. The van der Waals surface area contributed by atoms with Crippen molar-refractivity contribution in [1.29, 1.82) is 0 Å². The highest BCUT2D eigenvalue weighted by Gasteiger charge is 2.18. The maximum atomic E-state index is 13.0. The molecule has 0 bridgehead atoms. The van der Waals surface area contributed by atoms with Crippen molar-refractivity contribution >= 4 is 11.4 Å². The van der Waals surface area contributed by atoms with Crippen molar-refractivity contribution in [3.05, 3.63) is 72.9 Å². The minimum Gasteiger partial charge on any atom is -0.379 e. The molecule has 0 saturated carbocycles. The number of hydrogen-bond donors (Lipinski definition) is 1. The van der Waals surface area contributed by atoms with Crippen LogP contribution < -0.4 is 5.32 Å². The van der Waals surface area contributed by atoms with Gasteiger partial charge in [-0.25, -0.2) is 9.97 Å². The lowest BCUT2D eigenvalue weighted by atomic mass is 10.2. The SMILES string of the molecule is O=C(NCCN1CCOCC1)c1cc(-c2cn(-c3ccccn3)cn2)n2ccccc12. The molecule has 0 spiro atoms. The number of fused-ring (bicyclic) bond motifs is 1. The Morgan fingerprint density at radius 1 is 1.10 bits per heavy atom. The lowest BCUT2D eigenvalue weighted by Gasteiger charge is -2.26. The standard InChI is InChI=1S/C23H24N6O2/c30-23(25-8-10-27-11-13-31-14-12-27)18-15-21(29-9-4-2-5-20(18)29)19-16-28(17-26-19)22-6-1-3-7-24-22/h1-7,9,15-17H,8,10-14H2,(H,25,30). The molecule has 4 aromatic rings. The maximum Gasteiger partial charge on any atom is 0.253 e. The quantitative estimate of drug-likeness (QED) is 0.522. The number of ether oxygens (including phenoxy) is 1. The largest absolute Gasteiger partial charge is 0.379 e. The molecule has 1 aliphatic rings. The normalized spacial score (nSPS) is 14.7. The molecule has 1 N–H and O–H groups in total. The molecular weight excluding hydrogens is 392 g/mol. The second-order valence-electron chi connectivity index (χ2n) is 7.46. The summed E-state index contributed by atoms with van der Waals surface area (Å²) < 4.78 is 9.25. The molecule has 0 unspecified atom stereocenters. The van der Waals surface area contributed by atoms with Crippen LogP contribution in [0.15, 0.2) is 67.4 Å². The predicted molar refractivity (Wildman–Crippen MR) is 117 cm³/mol. The maximum absolute atomic E-state index is 13.0. The van der Waals surface area contributed by atoms with Gasteiger partial charge < -0.3 is 14.5 Å². The molecule has 1 amide bonds. The Balaban J connectivity index is 1.38. The highest BCUT2D eigenvalue weighted by atomic mass is 16.5. The summed E-state index contributed by atoms with van der Waals surface area (Å²) in [5.74, 6) is 0.718. The molecule has 5 heterocycles. The second-order valence-corrected chi connectivity index (χ2v) is 7.46. The van der Waals surface area contributed by atoms with Gasteiger partial charge in [0.05, 0.1) is 30.0 Å². The minimum absolute atomic E-state index is 0.0765. The molecule has 0 atom stereocenters. The van der Waals surface area contributed by atoms with Gasteiger partial charge in [-0.2, -0.15) is 0 Å². The van der Waals surface area contributed by atoms with E-state index >= 15 is 0 Å². The van der Waals surface area contributed by atoms with Crippen LogP contribution in [0.25, 0.3) is 22.7 Å². The van der Waals surface area contributed by atoms with Crippen LogP contribution in [-0.2, 0) is 4.74 Å². The minimum atomic E-state index is -0.0765. The Morgan fingerprint density at radius 2 is 1.97 bits per heavy atom. The topological polar surface area (TPSA) is 76.7 Å². The van der Waals surface area contributed by atoms with Gasteiger partial charge in [0.25, 0.3) is 5.91 Å². The number of carbonyl (C=O) groups excluding carboxylic acids is 1. The molecule has 0 radical (unpaired) electrons. The zero-order valence-corrected chi connectivity index (χ0v) is 17.1. The molecule has 158 valence electrons. The Labute approximate surface area is 180 Å². The van der Waals surface area contributed by atoms with Gasteiger partial charge in [0.1, 0.15) is 17.8 Å². The lowest BCUT2D eigenvalue weighted by molar-refractivity contribution is 0.0383. The van der Waals surface area contributed by atoms with E-state index in [0.717, 1.165) is 55.6 Å². The number of aromatic nitrogens is 4. The van der Waals surface area contributed by atoms with Crippen LogP contribution in [-0.4, -0.2) is 69.1 Å². The van der Waals surface area contributed by atoms with Crippen molar-refractivity contribution in [3.63, 3.8) is 0 Å². The number of imidazole rings is 1. The Bertz CT molecular complexity index is 1180. The molecule has 1 saturated heterocycles. The van der Waals surface area contributed by atoms with Crippen molar-refractivity contribution in [2.24, 2.45) is 0 Å². The van der Waals surface area contributed by atoms with Gasteiger partial charge in [0, 0.05) is 44.8 Å². The van der Waals surface area contributed by atoms with Gasteiger partial charge in [0.15, 0.2) is 0 Å². The molecule has 5 rings (SSSR count). The number of amides is 1. The Morgan fingerprint density at radius 3 is 2.81 bits per heavy atom. The van der Waals surface area contributed by atoms with Gasteiger partial charge in [-0.05, 0) is 30.3 Å². The molecule has 1 fully saturated rings. The highest BCUT2D eigenvalue weighted by Crippen LogP contribution is 2.25. The first kappa shape index (κ1) is 19.5. The third-order valence-electron chi connectivity index (χ3n) is 5.50. The van der Waals surface area contributed by atoms with Gasteiger partial charge in [-0.15, -0.1) is 0 Å². The molecule has 8 heteroatoms. The summed E-state index contributed by atoms with van der Waals surface area (Å²) in [4.78, 5) is 24.2. The van der Waals surface area contributed by atoms with Crippen LogP contribution in [0.2, 0.25) is 0 Å². The van der Waals surface area contributed by atoms with Crippen molar-refractivity contribution in [3.8, 4) is 17.2 Å². The summed E-state index contributed by atoms with van der Waals surface area (Å²) in [5, 5.41) is 3.06. The zero-order valence-electron chi connectivity index (χ0n) is 17.1. The van der Waals surface area contributed by atoms with Crippen molar-refractivity contribution in [2.75, 3.05) is 39.4 Å². The zero-order chi connectivity index (χ0) is 21.0. The van der Waals surface area contributed by atoms with Gasteiger partial charge >= 0.3 is 0 Å². The first-order valence-electron chi connectivity index (χ1n) is 10.4. The monoisotopic (exact) mass is 416 g/mol. The lowest BCUT2D eigenvalue weighted by Crippen LogP contribution is -2.41. The van der Waals surface area contributed by atoms with E-state index in [1.165, 1.54) is 0 Å². The van der Waals surface area contributed by atoms with E-state index in [9.17, 15) is 4.79 Å². The molecular formula is C23H24N6O2. The van der Waals surface area contributed by atoms with Crippen LogP contribution in [0.3, 0.4) is 0 Å². The first-order chi connectivity index (χ1) is 15.3. The second kappa shape index (κ2) is 8.71. The third kappa shape index (κ3) is 4.08. The summed E-state index contributed by atoms with van der Waals surface area (Å²) in [6, 6.07) is 13.5. The average Bonchev–Trinajstić information content (AvgIpc) is 3.46. The van der Waals surface area contributed by atoms with E-state index in [-0.39, 0.29) is 5.91 Å². The van der Waals surface area contributed by atoms with E-state index in [0.29, 0.717) is 12.1 Å². The van der Waals surface area contributed by atoms with Crippen LogP contribution in [0.1, 0.15) is 10.4 Å². The van der Waals surface area contributed by atoms with Crippen LogP contribution in [0.5, 0.6) is 0 Å². The summed E-state index contributed by atoms with van der Waals surface area (Å²) in [7, 11) is 0. The molecule has 0 aromatic carbocycles. The Kier molecular flexibility index (Phi) is 5.47. The fraction of sp³-hybridized carbons (Fsp3) is 0.261. The van der Waals surface area contributed by atoms with Crippen molar-refractivity contribution in [1.82, 2.24) is 29.2 Å². The van der Waals surface area contributed by atoms with Crippen LogP contribution in [0, 0.1) is 0 Å². The van der Waals surface area contributed by atoms with Crippen molar-refractivity contribution in [2.45, 2.75) is 0 Å². The number of rotatable bonds is 6. The third-order valence-corrected chi connectivity index (χ3v) is 5.50. The van der Waals surface area contributed by atoms with E-state index in [1.54, 1.807) is 12.5 Å². The molecule has 1 aliphatic heterocycles. The fourth-order valence-electron chi connectivity index (χ4n) is 3.87. The highest BCUT2D eigenvalue weighted by molar-refractivity contribution is 6.02. The van der Waals surface area contributed by atoms with Gasteiger partial charge in [-0.1, -0.05) is 12.1 Å². The number of nitrogens with zero attached hydrogens (tertiary/aromatic N) is 5. The smallest absolute Gasteiger partial charge is 0.253 e. The van der Waals surface area contributed by atoms with Crippen LogP contribution in [0.4, 0.5) is 0 Å². The predicted octanol–water partition coefficient (Wildman–Crippen LogP) is 2.25. The summed E-state index contributed by atoms with van der Waals surface area (Å²) in [6.45, 7) is 4.76. The number of morpholine rings is 1. The van der Waals surface area contributed by atoms with Gasteiger partial charge in [-0.3, -0.25) is 14.3 Å².